The molecule has 1 aromatic rings. The molecule has 0 bridgehead atoms. The van der Waals surface area contributed by atoms with E-state index in [-0.39, 0.29) is 18.6 Å². The second kappa shape index (κ2) is 5.69. The molecule has 4 nitrogen and oxygen atoms in total. The van der Waals surface area contributed by atoms with E-state index in [1.807, 2.05) is 18.2 Å². The maximum absolute atomic E-state index is 11.8. The minimum Gasteiger partial charge on any atom is -0.394 e. The van der Waals surface area contributed by atoms with Gasteiger partial charge in [0.05, 0.1) is 18.8 Å². The summed E-state index contributed by atoms with van der Waals surface area (Å²) in [4.78, 5) is 13.4. The van der Waals surface area contributed by atoms with Gasteiger partial charge in [-0.15, -0.1) is 0 Å². The number of aliphatic hydroxyl groups is 2. The van der Waals surface area contributed by atoms with Gasteiger partial charge in [0.2, 0.25) is 5.91 Å². The van der Waals surface area contributed by atoms with Gasteiger partial charge in [0, 0.05) is 18.0 Å². The number of carbonyl (C=O) groups excluding carboxylic acids is 1. The standard InChI is InChI=1S/C13H16ClNO3/c14-10-4-2-1-3-9(10)7-15-11(12(17)8-16)5-6-13(15)18/h1-4,11-12,16-17H,5-8H2. The van der Waals surface area contributed by atoms with Crippen LogP contribution in [-0.4, -0.2) is 39.8 Å². The lowest BCUT2D eigenvalue weighted by atomic mass is 10.1. The van der Waals surface area contributed by atoms with E-state index < -0.39 is 6.10 Å². The number of nitrogens with zero attached hydrogens (tertiary/aromatic N) is 1. The van der Waals surface area contributed by atoms with Gasteiger partial charge in [0.25, 0.3) is 0 Å². The van der Waals surface area contributed by atoms with Crippen molar-refractivity contribution in [3.8, 4) is 0 Å². The first-order valence-corrected chi connectivity index (χ1v) is 6.33. The maximum atomic E-state index is 11.8. The molecule has 1 fully saturated rings. The van der Waals surface area contributed by atoms with Crippen LogP contribution in [0.2, 0.25) is 5.02 Å². The van der Waals surface area contributed by atoms with Gasteiger partial charge in [-0.2, -0.15) is 0 Å². The zero-order valence-corrected chi connectivity index (χ0v) is 10.7. The molecule has 1 amide bonds. The van der Waals surface area contributed by atoms with Crippen molar-refractivity contribution in [2.24, 2.45) is 0 Å². The molecule has 2 unspecified atom stereocenters. The average Bonchev–Trinajstić information content (AvgIpc) is 2.73. The third-order valence-electron chi connectivity index (χ3n) is 3.30. The van der Waals surface area contributed by atoms with Crippen molar-refractivity contribution < 1.29 is 15.0 Å². The number of rotatable bonds is 4. The smallest absolute Gasteiger partial charge is 0.223 e. The summed E-state index contributed by atoms with van der Waals surface area (Å²) in [6, 6.07) is 7.00. The highest BCUT2D eigenvalue weighted by atomic mass is 35.5. The van der Waals surface area contributed by atoms with Gasteiger partial charge in [-0.3, -0.25) is 4.79 Å². The first kappa shape index (κ1) is 13.3. The van der Waals surface area contributed by atoms with Gasteiger partial charge >= 0.3 is 0 Å². The monoisotopic (exact) mass is 269 g/mol. The van der Waals surface area contributed by atoms with Crippen molar-refractivity contribution in [1.82, 2.24) is 4.90 Å². The maximum Gasteiger partial charge on any atom is 0.223 e. The van der Waals surface area contributed by atoms with Crippen molar-refractivity contribution in [1.29, 1.82) is 0 Å². The molecular formula is C13H16ClNO3. The van der Waals surface area contributed by atoms with Crippen LogP contribution in [0, 0.1) is 0 Å². The fourth-order valence-corrected chi connectivity index (χ4v) is 2.49. The lowest BCUT2D eigenvalue weighted by molar-refractivity contribution is -0.131. The van der Waals surface area contributed by atoms with Crippen molar-refractivity contribution in [3.05, 3.63) is 34.9 Å². The molecule has 1 heterocycles. The highest BCUT2D eigenvalue weighted by Gasteiger charge is 2.35. The predicted octanol–water partition coefficient (Wildman–Crippen LogP) is 1.18. The van der Waals surface area contributed by atoms with E-state index >= 15 is 0 Å². The summed E-state index contributed by atoms with van der Waals surface area (Å²) in [7, 11) is 0. The fraction of sp³-hybridized carbons (Fsp3) is 0.462. The lowest BCUT2D eigenvalue weighted by Crippen LogP contribution is -2.42. The molecule has 1 aliphatic rings. The molecule has 0 radical (unpaired) electrons. The van der Waals surface area contributed by atoms with Crippen LogP contribution in [0.25, 0.3) is 0 Å². The van der Waals surface area contributed by atoms with Crippen LogP contribution in [0.5, 0.6) is 0 Å². The molecule has 0 saturated carbocycles. The molecule has 2 rings (SSSR count). The van der Waals surface area contributed by atoms with Crippen molar-refractivity contribution in [2.75, 3.05) is 6.61 Å². The molecule has 5 heteroatoms. The van der Waals surface area contributed by atoms with E-state index in [0.717, 1.165) is 5.56 Å². The van der Waals surface area contributed by atoms with Crippen LogP contribution in [0.3, 0.4) is 0 Å². The second-order valence-corrected chi connectivity index (χ2v) is 4.88. The van der Waals surface area contributed by atoms with Crippen molar-refractivity contribution in [3.63, 3.8) is 0 Å². The molecule has 0 spiro atoms. The molecule has 1 saturated heterocycles. The van der Waals surface area contributed by atoms with Gasteiger partial charge in [-0.1, -0.05) is 29.8 Å². The fourth-order valence-electron chi connectivity index (χ4n) is 2.29. The Kier molecular flexibility index (Phi) is 4.22. The Morgan fingerprint density at radius 3 is 2.83 bits per heavy atom. The molecular weight excluding hydrogens is 254 g/mol. The Morgan fingerprint density at radius 2 is 2.17 bits per heavy atom. The van der Waals surface area contributed by atoms with Crippen LogP contribution in [-0.2, 0) is 11.3 Å². The van der Waals surface area contributed by atoms with E-state index in [1.165, 1.54) is 0 Å². The number of carbonyl (C=O) groups is 1. The third-order valence-corrected chi connectivity index (χ3v) is 3.67. The van der Waals surface area contributed by atoms with Crippen molar-refractivity contribution in [2.45, 2.75) is 31.5 Å². The summed E-state index contributed by atoms with van der Waals surface area (Å²) in [5.74, 6) is -0.00702. The van der Waals surface area contributed by atoms with Gasteiger partial charge < -0.3 is 15.1 Å². The summed E-state index contributed by atoms with van der Waals surface area (Å²) >= 11 is 6.06. The summed E-state index contributed by atoms with van der Waals surface area (Å²) in [6.45, 7) is 0.0389. The second-order valence-electron chi connectivity index (χ2n) is 4.47. The van der Waals surface area contributed by atoms with Crippen LogP contribution >= 0.6 is 11.6 Å². The molecule has 1 aromatic carbocycles. The normalized spacial score (nSPS) is 21.4. The van der Waals surface area contributed by atoms with E-state index in [4.69, 9.17) is 16.7 Å². The zero-order valence-electron chi connectivity index (χ0n) is 9.92. The minimum absolute atomic E-state index is 0.00702. The van der Waals surface area contributed by atoms with E-state index in [1.54, 1.807) is 11.0 Å². The zero-order chi connectivity index (χ0) is 13.1. The third kappa shape index (κ3) is 2.66. The number of amides is 1. The first-order chi connectivity index (χ1) is 8.63. The minimum atomic E-state index is -0.890. The summed E-state index contributed by atoms with van der Waals surface area (Å²) in [6.07, 6.45) is 0.0935. The quantitative estimate of drug-likeness (QED) is 0.863. The van der Waals surface area contributed by atoms with Crippen LogP contribution in [0.15, 0.2) is 24.3 Å². The molecule has 18 heavy (non-hydrogen) atoms. The Bertz CT molecular complexity index is 438. The largest absolute Gasteiger partial charge is 0.394 e. The van der Waals surface area contributed by atoms with Gasteiger partial charge in [-0.05, 0) is 18.1 Å². The highest BCUT2D eigenvalue weighted by Crippen LogP contribution is 2.26. The Labute approximate surface area is 111 Å². The van der Waals surface area contributed by atoms with Crippen LogP contribution < -0.4 is 0 Å². The molecule has 2 N–H and O–H groups in total. The molecule has 0 aromatic heterocycles. The van der Waals surface area contributed by atoms with Crippen LogP contribution in [0.4, 0.5) is 0 Å². The molecule has 2 atom stereocenters. The number of halogens is 1. The Morgan fingerprint density at radius 1 is 1.44 bits per heavy atom. The SMILES string of the molecule is O=C1CCC(C(O)CO)N1Cc1ccccc1Cl. The van der Waals surface area contributed by atoms with E-state index in [9.17, 15) is 9.90 Å². The average molecular weight is 270 g/mol. The lowest BCUT2D eigenvalue weighted by Gasteiger charge is -2.28. The number of hydrogen-bond acceptors (Lipinski definition) is 3. The number of hydrogen-bond donors (Lipinski definition) is 2. The molecule has 1 aliphatic heterocycles. The van der Waals surface area contributed by atoms with Gasteiger partial charge in [0.15, 0.2) is 0 Å². The number of benzene rings is 1. The van der Waals surface area contributed by atoms with Crippen molar-refractivity contribution >= 4 is 17.5 Å². The number of likely N-dealkylation sites (tertiary alicyclic amines) is 1. The number of aliphatic hydroxyl groups excluding tert-OH is 2. The van der Waals surface area contributed by atoms with Crippen LogP contribution in [0.1, 0.15) is 18.4 Å². The Balaban J connectivity index is 2.15. The first-order valence-electron chi connectivity index (χ1n) is 5.95. The van der Waals surface area contributed by atoms with Gasteiger partial charge in [-0.25, -0.2) is 0 Å². The summed E-state index contributed by atoms with van der Waals surface area (Å²) < 4.78 is 0. The molecule has 98 valence electrons. The summed E-state index contributed by atoms with van der Waals surface area (Å²) in [5, 5.41) is 19.3. The predicted molar refractivity (Wildman–Crippen MR) is 68.1 cm³/mol. The Hall–Kier alpha value is -1.10. The summed E-state index contributed by atoms with van der Waals surface area (Å²) in [5.41, 5.74) is 0.851. The van der Waals surface area contributed by atoms with E-state index in [0.29, 0.717) is 24.4 Å². The van der Waals surface area contributed by atoms with Gasteiger partial charge in [0.1, 0.15) is 0 Å². The van der Waals surface area contributed by atoms with E-state index in [2.05, 4.69) is 0 Å². The topological polar surface area (TPSA) is 60.8 Å². The highest BCUT2D eigenvalue weighted by molar-refractivity contribution is 6.31. The molecule has 0 aliphatic carbocycles.